The van der Waals surface area contributed by atoms with Gasteiger partial charge in [-0.05, 0) is 163 Å². The zero-order chi connectivity index (χ0) is 69.8. The molecule has 16 nitrogen and oxygen atoms in total. The maximum atomic E-state index is 13.2. The SMILES string of the molecule is N#Cc1cc(Cl)nc(Oc2cccc(Oc3ccccc3)c2)c1.N#Cc1cc(Oc2cccc(Oc3ccccc3)c2)nc(-c2ccc(F)cc2)c1.NCc1cc(Oc2cccc(Oc3ccccc3)c2)nc(-c2ccc(F)cc2)c1.O=C(O)C(F)(F)F.OB(O)c1ccc(F)cc1. The minimum Gasteiger partial charge on any atom is -0.475 e. The number of nitrogens with two attached hydrogens (primary N) is 1. The lowest BCUT2D eigenvalue weighted by Gasteiger charge is -2.11. The van der Waals surface area contributed by atoms with Gasteiger partial charge in [0.2, 0.25) is 17.6 Å². The molecule has 0 amide bonds. The van der Waals surface area contributed by atoms with E-state index in [-0.39, 0.29) is 34.4 Å². The lowest BCUT2D eigenvalue weighted by Crippen LogP contribution is -2.29. The van der Waals surface area contributed by atoms with Crippen molar-refractivity contribution >= 4 is 30.2 Å². The minimum atomic E-state index is -5.08. The van der Waals surface area contributed by atoms with Crippen LogP contribution in [0.25, 0.3) is 22.5 Å². The molecule has 9 aromatic carbocycles. The van der Waals surface area contributed by atoms with Crippen molar-refractivity contribution in [3.63, 3.8) is 0 Å². The van der Waals surface area contributed by atoms with Gasteiger partial charge < -0.3 is 49.3 Å². The van der Waals surface area contributed by atoms with Crippen LogP contribution in [-0.2, 0) is 11.3 Å². The first kappa shape index (κ1) is 71.3. The topological polar surface area (TPSA) is 245 Å². The van der Waals surface area contributed by atoms with E-state index in [0.29, 0.717) is 86.2 Å². The molecule has 0 radical (unpaired) electrons. The van der Waals surface area contributed by atoms with Crippen LogP contribution in [0.5, 0.6) is 69.4 Å². The first-order chi connectivity index (χ1) is 47.2. The van der Waals surface area contributed by atoms with Gasteiger partial charge >= 0.3 is 19.3 Å². The van der Waals surface area contributed by atoms with Crippen LogP contribution >= 0.6 is 11.6 Å². The molecule has 12 aromatic rings. The van der Waals surface area contributed by atoms with Crippen LogP contribution in [-0.4, -0.2) is 49.4 Å². The molecule has 0 saturated heterocycles. The van der Waals surface area contributed by atoms with Gasteiger partial charge in [-0.3, -0.25) is 0 Å². The third-order valence-electron chi connectivity index (χ3n) is 12.6. The molecule has 490 valence electrons. The number of pyridine rings is 3. The molecule has 5 N–H and O–H groups in total. The van der Waals surface area contributed by atoms with Crippen LogP contribution in [0, 0.1) is 40.1 Å². The number of aliphatic carboxylic acids is 1. The van der Waals surface area contributed by atoms with Crippen LogP contribution in [0.3, 0.4) is 0 Å². The average molecular weight is 1350 g/mol. The number of rotatable bonds is 16. The molecule has 0 atom stereocenters. The van der Waals surface area contributed by atoms with Gasteiger partial charge in [0.25, 0.3) is 0 Å². The van der Waals surface area contributed by atoms with Crippen molar-refractivity contribution in [3.8, 4) is 104 Å². The smallest absolute Gasteiger partial charge is 0.475 e. The van der Waals surface area contributed by atoms with Gasteiger partial charge in [-0.1, -0.05) is 96.5 Å². The Balaban J connectivity index is 0.000000168. The average Bonchev–Trinajstić information content (AvgIpc) is 0.868. The number of aromatic nitrogens is 3. The molecule has 0 fully saturated rings. The zero-order valence-corrected chi connectivity index (χ0v) is 51.7. The Labute approximate surface area is 562 Å². The van der Waals surface area contributed by atoms with Crippen LogP contribution in [0.15, 0.2) is 273 Å². The van der Waals surface area contributed by atoms with Crippen molar-refractivity contribution in [2.75, 3.05) is 0 Å². The quantitative estimate of drug-likeness (QED) is 0.0399. The fourth-order valence-electron chi connectivity index (χ4n) is 8.15. The molecule has 0 unspecified atom stereocenters. The van der Waals surface area contributed by atoms with Crippen molar-refractivity contribution in [3.05, 3.63) is 312 Å². The highest BCUT2D eigenvalue weighted by molar-refractivity contribution is 6.58. The van der Waals surface area contributed by atoms with Crippen molar-refractivity contribution < 1.29 is 74.7 Å². The van der Waals surface area contributed by atoms with E-state index in [1.807, 2.05) is 146 Å². The monoisotopic (exact) mass is 1340 g/mol. The van der Waals surface area contributed by atoms with E-state index in [1.165, 1.54) is 60.7 Å². The van der Waals surface area contributed by atoms with Gasteiger partial charge in [0, 0.05) is 54.1 Å². The molecule has 24 heteroatoms. The number of hydrogen-bond acceptors (Lipinski definition) is 15. The second kappa shape index (κ2) is 35.7. The Morgan fingerprint density at radius 3 is 1.09 bits per heavy atom. The van der Waals surface area contributed by atoms with E-state index >= 15 is 0 Å². The fraction of sp³-hybridized carbons (Fsp3) is 0.0270. The summed E-state index contributed by atoms with van der Waals surface area (Å²) in [5.41, 5.74) is 10.4. The van der Waals surface area contributed by atoms with E-state index in [4.69, 9.17) is 71.0 Å². The molecule has 0 aliphatic heterocycles. The fourth-order valence-corrected chi connectivity index (χ4v) is 8.35. The highest BCUT2D eigenvalue weighted by Gasteiger charge is 2.38. The van der Waals surface area contributed by atoms with Gasteiger partial charge in [-0.2, -0.15) is 23.7 Å². The highest BCUT2D eigenvalue weighted by atomic mass is 35.5. The van der Waals surface area contributed by atoms with Crippen LogP contribution < -0.4 is 39.6 Å². The third kappa shape index (κ3) is 23.5. The Hall–Kier alpha value is -12.5. The number of hydrogen-bond donors (Lipinski definition) is 4. The lowest BCUT2D eigenvalue weighted by atomic mass is 9.80. The first-order valence-corrected chi connectivity index (χ1v) is 29.3. The summed E-state index contributed by atoms with van der Waals surface area (Å²) >= 11 is 5.87. The van der Waals surface area contributed by atoms with E-state index in [9.17, 15) is 31.6 Å². The van der Waals surface area contributed by atoms with Crippen LogP contribution in [0.2, 0.25) is 5.15 Å². The van der Waals surface area contributed by atoms with Gasteiger partial charge in [-0.15, -0.1) is 0 Å². The Morgan fingerprint density at radius 2 is 0.745 bits per heavy atom. The molecule has 3 aromatic heterocycles. The number of ether oxygens (including phenoxy) is 6. The number of carbonyl (C=O) groups is 1. The van der Waals surface area contributed by atoms with Crippen molar-refractivity contribution in [1.82, 2.24) is 15.0 Å². The zero-order valence-electron chi connectivity index (χ0n) is 50.9. The molecule has 12 rings (SSSR count). The largest absolute Gasteiger partial charge is 0.490 e. The Bertz CT molecular complexity index is 4640. The number of alkyl halides is 3. The van der Waals surface area contributed by atoms with E-state index in [0.717, 1.165) is 22.6 Å². The number of benzene rings is 9. The van der Waals surface area contributed by atoms with Crippen molar-refractivity contribution in [1.29, 1.82) is 10.5 Å². The van der Waals surface area contributed by atoms with Crippen LogP contribution in [0.1, 0.15) is 16.7 Å². The lowest BCUT2D eigenvalue weighted by molar-refractivity contribution is -0.192. The third-order valence-corrected chi connectivity index (χ3v) is 12.8. The number of para-hydroxylation sites is 3. The summed E-state index contributed by atoms with van der Waals surface area (Å²) < 4.78 is 105. The first-order valence-electron chi connectivity index (χ1n) is 28.9. The number of nitrogens with zero attached hydrogens (tertiary/aromatic N) is 5. The van der Waals surface area contributed by atoms with Crippen molar-refractivity contribution in [2.24, 2.45) is 5.73 Å². The van der Waals surface area contributed by atoms with Crippen LogP contribution in [0.4, 0.5) is 26.3 Å². The summed E-state index contributed by atoms with van der Waals surface area (Å²) in [5, 5.41) is 42.7. The number of carboxylic acid groups (broad SMARTS) is 1. The molecule has 0 aliphatic carbocycles. The van der Waals surface area contributed by atoms with E-state index < -0.39 is 19.3 Å². The van der Waals surface area contributed by atoms with Gasteiger partial charge in [0.05, 0.1) is 34.7 Å². The van der Waals surface area contributed by atoms with Gasteiger partial charge in [0.1, 0.15) is 74.4 Å². The summed E-state index contributed by atoms with van der Waals surface area (Å²) in [6, 6.07) is 81.0. The molecule has 0 bridgehead atoms. The van der Waals surface area contributed by atoms with Gasteiger partial charge in [0.15, 0.2) is 0 Å². The second-order valence-corrected chi connectivity index (χ2v) is 20.3. The molecule has 0 spiro atoms. The maximum absolute atomic E-state index is 13.2. The van der Waals surface area contributed by atoms with E-state index in [2.05, 4.69) is 21.0 Å². The summed E-state index contributed by atoms with van der Waals surface area (Å²) in [6.07, 6.45) is -5.08. The normalized spacial score (nSPS) is 10.2. The summed E-state index contributed by atoms with van der Waals surface area (Å²) in [7, 11) is -1.51. The standard InChI is InChI=1S/C24H19FN2O2.C24H15FN2O2.C18H11ClN2O2.C6H6BFO2.C2HF3O2/c2*25-19-11-9-18(10-12-19)23-13-17(16-26)14-24(27-23)29-22-8-4-7-21(15-22)28-20-5-2-1-3-6-20;19-17-9-13(12-20)10-18(21-17)23-16-8-4-7-15(11-16)22-14-5-2-1-3-6-14;8-6-3-1-5(2-4-6)7(9)10;3-2(4,5)1(6)7/h1-15H,16,26H2;1-15H;1-11H;1-4,9-10H;(H,6,7). The minimum absolute atomic E-state index is 0.204. The molecular weight excluding hydrogens is 1290 g/mol. The summed E-state index contributed by atoms with van der Waals surface area (Å²) in [5.74, 6) is 2.90. The molecule has 0 aliphatic rings. The molecule has 0 saturated carbocycles. The Morgan fingerprint density at radius 1 is 0.429 bits per heavy atom. The molecule has 98 heavy (non-hydrogen) atoms. The van der Waals surface area contributed by atoms with Gasteiger partial charge in [-0.25, -0.2) is 32.9 Å². The number of halogens is 7. The van der Waals surface area contributed by atoms with Crippen molar-refractivity contribution in [2.45, 2.75) is 12.7 Å². The predicted octanol–water partition coefficient (Wildman–Crippen LogP) is 17.6. The molecular formula is C74H52BClF6N6O10. The number of carboxylic acids is 1. The molecule has 3 heterocycles. The predicted molar refractivity (Wildman–Crippen MR) is 355 cm³/mol. The Kier molecular flexibility index (Phi) is 26.0. The second-order valence-electron chi connectivity index (χ2n) is 19.9. The summed E-state index contributed by atoms with van der Waals surface area (Å²) in [4.78, 5) is 21.9. The highest BCUT2D eigenvalue weighted by Crippen LogP contribution is 2.33. The summed E-state index contributed by atoms with van der Waals surface area (Å²) in [6.45, 7) is 0.338. The maximum Gasteiger partial charge on any atom is 0.490 e. The number of nitriles is 2. The van der Waals surface area contributed by atoms with E-state index in [1.54, 1.807) is 72.8 Å².